The lowest BCUT2D eigenvalue weighted by atomic mass is 9.60. The van der Waals surface area contributed by atoms with Gasteiger partial charge in [-0.15, -0.1) is 13.2 Å². The molecule has 2 saturated heterocycles. The highest BCUT2D eigenvalue weighted by Crippen LogP contribution is 2.48. The van der Waals surface area contributed by atoms with E-state index in [9.17, 15) is 22.8 Å². The van der Waals surface area contributed by atoms with Crippen molar-refractivity contribution < 1.29 is 32.2 Å². The third kappa shape index (κ3) is 5.60. The molecule has 192 valence electrons. The molecule has 4 N–H and O–H groups in total. The van der Waals surface area contributed by atoms with E-state index in [1.807, 2.05) is 0 Å². The van der Waals surface area contributed by atoms with Crippen LogP contribution in [-0.4, -0.2) is 54.5 Å². The normalized spacial score (nSPS) is 27.5. The highest BCUT2D eigenvalue weighted by molar-refractivity contribution is 6.30. The number of hydrazine groups is 2. The lowest BCUT2D eigenvalue weighted by Crippen LogP contribution is -2.67. The molecule has 0 bridgehead atoms. The third-order valence-corrected chi connectivity index (χ3v) is 7.50. The fourth-order valence-corrected chi connectivity index (χ4v) is 5.91. The first-order valence-corrected chi connectivity index (χ1v) is 12.0. The number of carbonyl (C=O) groups is 2. The Kier molecular flexibility index (Phi) is 6.49. The van der Waals surface area contributed by atoms with Gasteiger partial charge in [0.1, 0.15) is 12.4 Å². The van der Waals surface area contributed by atoms with Crippen molar-refractivity contribution in [3.63, 3.8) is 0 Å². The standard InChI is InChI=1S/C22H27ClF3N5O4/c23-14-3-12(4-16(6-14)35-22(24,25)26)9-34-20(33)31-10-21(11-31)7-15(8-21)27-19(32)13-1-2-17-18(5-13)29-30-28-17/h3-4,6,13,15,17-18,28-30H,1-2,5,7-11H2,(H,27,32). The highest BCUT2D eigenvalue weighted by atomic mass is 35.5. The molecule has 5 rings (SSSR count). The van der Waals surface area contributed by atoms with Gasteiger partial charge in [0.15, 0.2) is 0 Å². The molecule has 1 aromatic rings. The number of hydrogen-bond acceptors (Lipinski definition) is 7. The van der Waals surface area contributed by atoms with Crippen molar-refractivity contribution in [1.82, 2.24) is 26.6 Å². The molecule has 2 amide bonds. The van der Waals surface area contributed by atoms with Crippen LogP contribution in [0, 0.1) is 11.3 Å². The Morgan fingerprint density at radius 2 is 1.89 bits per heavy atom. The topological polar surface area (TPSA) is 104 Å². The zero-order valence-electron chi connectivity index (χ0n) is 18.8. The van der Waals surface area contributed by atoms with E-state index in [-0.39, 0.29) is 41.0 Å². The molecule has 35 heavy (non-hydrogen) atoms. The van der Waals surface area contributed by atoms with Crippen LogP contribution >= 0.6 is 11.6 Å². The van der Waals surface area contributed by atoms with Gasteiger partial charge >= 0.3 is 12.5 Å². The van der Waals surface area contributed by atoms with E-state index in [2.05, 4.69) is 26.4 Å². The van der Waals surface area contributed by atoms with E-state index in [4.69, 9.17) is 16.3 Å². The molecule has 0 aromatic heterocycles. The van der Waals surface area contributed by atoms with Crippen LogP contribution in [0.1, 0.15) is 37.7 Å². The third-order valence-electron chi connectivity index (χ3n) is 7.28. The summed E-state index contributed by atoms with van der Waals surface area (Å²) in [6.07, 6.45) is -1.15. The molecule has 1 aromatic carbocycles. The minimum Gasteiger partial charge on any atom is -0.445 e. The number of hydrogen-bond donors (Lipinski definition) is 4. The molecule has 0 radical (unpaired) electrons. The van der Waals surface area contributed by atoms with Gasteiger partial charge in [-0.2, -0.15) is 5.53 Å². The fraction of sp³-hybridized carbons (Fsp3) is 0.636. The maximum absolute atomic E-state index is 12.7. The first-order chi connectivity index (χ1) is 16.6. The zero-order chi connectivity index (χ0) is 24.8. The average Bonchev–Trinajstić information content (AvgIpc) is 3.18. The van der Waals surface area contributed by atoms with Gasteiger partial charge in [-0.25, -0.2) is 15.6 Å². The van der Waals surface area contributed by atoms with Gasteiger partial charge in [0.25, 0.3) is 0 Å². The summed E-state index contributed by atoms with van der Waals surface area (Å²) in [4.78, 5) is 26.6. The molecule has 4 aliphatic rings. The molecule has 2 aliphatic heterocycles. The molecule has 1 spiro atoms. The highest BCUT2D eigenvalue weighted by Gasteiger charge is 2.54. The SMILES string of the molecule is O=C(NC1CC2(C1)CN(C(=O)OCc1cc(Cl)cc(OC(F)(F)F)c1)C2)C1CCC2NNNC2C1. The number of rotatable bonds is 5. The number of ether oxygens (including phenoxy) is 2. The van der Waals surface area contributed by atoms with Crippen LogP contribution in [-0.2, 0) is 16.1 Å². The number of fused-ring (bicyclic) bond motifs is 1. The van der Waals surface area contributed by atoms with Crippen molar-refractivity contribution in [2.75, 3.05) is 13.1 Å². The van der Waals surface area contributed by atoms with Crippen molar-refractivity contribution in [2.24, 2.45) is 11.3 Å². The van der Waals surface area contributed by atoms with E-state index in [0.29, 0.717) is 24.7 Å². The molecule has 9 nitrogen and oxygen atoms in total. The lowest BCUT2D eigenvalue weighted by molar-refractivity contribution is -0.274. The maximum Gasteiger partial charge on any atom is 0.573 e. The van der Waals surface area contributed by atoms with Gasteiger partial charge in [0.05, 0.1) is 0 Å². The Morgan fingerprint density at radius 3 is 2.63 bits per heavy atom. The summed E-state index contributed by atoms with van der Waals surface area (Å²) in [6, 6.07) is 4.32. The second-order valence-corrected chi connectivity index (χ2v) is 10.4. The number of nitrogens with zero attached hydrogens (tertiary/aromatic N) is 1. The Hall–Kier alpha value is -2.28. The quantitative estimate of drug-likeness (QED) is 0.476. The summed E-state index contributed by atoms with van der Waals surface area (Å²) in [5.74, 6) is -0.367. The van der Waals surface area contributed by atoms with Crippen molar-refractivity contribution in [2.45, 2.75) is 63.2 Å². The Morgan fingerprint density at radius 1 is 1.14 bits per heavy atom. The molecule has 4 fully saturated rings. The number of alkyl halides is 3. The molecule has 2 aliphatic carbocycles. The van der Waals surface area contributed by atoms with E-state index < -0.39 is 18.2 Å². The molecule has 13 heteroatoms. The summed E-state index contributed by atoms with van der Waals surface area (Å²) in [6.45, 7) is 0.841. The second-order valence-electron chi connectivity index (χ2n) is 10.0. The predicted octanol–water partition coefficient (Wildman–Crippen LogP) is 2.61. The molecular weight excluding hydrogens is 491 g/mol. The van der Waals surface area contributed by atoms with Crippen LogP contribution in [0.3, 0.4) is 0 Å². The number of nitrogens with one attached hydrogen (secondary N) is 4. The van der Waals surface area contributed by atoms with Crippen LogP contribution in [0.25, 0.3) is 0 Å². The van der Waals surface area contributed by atoms with E-state index in [1.54, 1.807) is 4.90 Å². The van der Waals surface area contributed by atoms with Crippen molar-refractivity contribution in [3.05, 3.63) is 28.8 Å². The second kappa shape index (κ2) is 9.30. The van der Waals surface area contributed by atoms with Gasteiger partial charge in [0.2, 0.25) is 5.91 Å². The Labute approximate surface area is 204 Å². The minimum atomic E-state index is -4.84. The van der Waals surface area contributed by atoms with E-state index in [1.165, 1.54) is 6.07 Å². The summed E-state index contributed by atoms with van der Waals surface area (Å²) >= 11 is 5.84. The Bertz CT molecular complexity index is 982. The van der Waals surface area contributed by atoms with Crippen LogP contribution in [0.15, 0.2) is 18.2 Å². The Balaban J connectivity index is 1.03. The summed E-state index contributed by atoms with van der Waals surface area (Å²) in [5.41, 5.74) is 9.54. The van der Waals surface area contributed by atoms with Crippen LogP contribution in [0.5, 0.6) is 5.75 Å². The summed E-state index contributed by atoms with van der Waals surface area (Å²) in [5, 5.41) is 3.21. The summed E-state index contributed by atoms with van der Waals surface area (Å²) in [7, 11) is 0. The van der Waals surface area contributed by atoms with Gasteiger partial charge in [-0.1, -0.05) is 11.6 Å². The van der Waals surface area contributed by atoms with Crippen molar-refractivity contribution in [3.8, 4) is 5.75 Å². The molecule has 2 saturated carbocycles. The first-order valence-electron chi connectivity index (χ1n) is 11.6. The zero-order valence-corrected chi connectivity index (χ0v) is 19.5. The van der Waals surface area contributed by atoms with Gasteiger partial charge < -0.3 is 19.7 Å². The van der Waals surface area contributed by atoms with E-state index >= 15 is 0 Å². The van der Waals surface area contributed by atoms with Crippen LogP contribution < -0.4 is 26.4 Å². The number of benzene rings is 1. The smallest absolute Gasteiger partial charge is 0.445 e. The van der Waals surface area contributed by atoms with Crippen LogP contribution in [0.2, 0.25) is 5.02 Å². The molecular formula is C22H27ClF3N5O4. The lowest BCUT2D eigenvalue weighted by Gasteiger charge is -2.58. The number of amides is 2. The molecule has 3 unspecified atom stereocenters. The first kappa shape index (κ1) is 24.4. The van der Waals surface area contributed by atoms with Gasteiger partial charge in [0, 0.05) is 47.6 Å². The monoisotopic (exact) mass is 517 g/mol. The predicted molar refractivity (Wildman–Crippen MR) is 118 cm³/mol. The minimum absolute atomic E-state index is 0.000746. The summed E-state index contributed by atoms with van der Waals surface area (Å²) < 4.78 is 46.4. The van der Waals surface area contributed by atoms with Gasteiger partial charge in [-0.05, 0) is 55.9 Å². The van der Waals surface area contributed by atoms with Crippen molar-refractivity contribution >= 4 is 23.6 Å². The van der Waals surface area contributed by atoms with Crippen LogP contribution in [0.4, 0.5) is 18.0 Å². The van der Waals surface area contributed by atoms with E-state index in [0.717, 1.165) is 44.2 Å². The van der Waals surface area contributed by atoms with Gasteiger partial charge in [-0.3, -0.25) is 4.79 Å². The molecule has 2 heterocycles. The van der Waals surface area contributed by atoms with Crippen molar-refractivity contribution in [1.29, 1.82) is 0 Å². The largest absolute Gasteiger partial charge is 0.573 e. The average molecular weight is 518 g/mol. The fourth-order valence-electron chi connectivity index (χ4n) is 5.66. The number of halogens is 4. The maximum atomic E-state index is 12.7. The number of carbonyl (C=O) groups excluding carboxylic acids is 2. The number of likely N-dealkylation sites (tertiary alicyclic amines) is 1. The molecule has 3 atom stereocenters.